The van der Waals surface area contributed by atoms with Gasteiger partial charge in [-0.05, 0) is 39.3 Å². The van der Waals surface area contributed by atoms with E-state index in [0.29, 0.717) is 32.5 Å². The zero-order valence-corrected chi connectivity index (χ0v) is 29.2. The molecule has 2 aliphatic rings. The number of hydrogen-bond acceptors (Lipinski definition) is 12. The Labute approximate surface area is 287 Å². The standard InChI is InChI=1S/C35H38N4O9S/c1-19-20(2)32(45)30(21(3)31(19)44)35(4,5)17-28(42)38(6)14-15-39(13-7-8-29(43)48-33-24(40)11-12-25(33)41)34(46)47-22-9-10-23-26(16-22)49-27(18-36)37-23/h9-10,16,33H,7-8,11-15,17H2,1-6H3. The quantitative estimate of drug-likeness (QED) is 0.176. The van der Waals surface area contributed by atoms with Gasteiger partial charge in [0.05, 0.1) is 10.2 Å². The van der Waals surface area contributed by atoms with Gasteiger partial charge in [0, 0.05) is 86.1 Å². The summed E-state index contributed by atoms with van der Waals surface area (Å²) in [5, 5.41) is 9.42. The topological polar surface area (TPSA) is 181 Å². The minimum Gasteiger partial charge on any atom is -0.446 e. The third-order valence-electron chi connectivity index (χ3n) is 8.77. The van der Waals surface area contributed by atoms with E-state index in [0.717, 1.165) is 11.3 Å². The summed E-state index contributed by atoms with van der Waals surface area (Å²) < 4.78 is 11.3. The van der Waals surface area contributed by atoms with Crippen LogP contribution in [0.5, 0.6) is 5.75 Å². The first-order valence-electron chi connectivity index (χ1n) is 15.8. The molecule has 1 heterocycles. The molecular formula is C35H38N4O9S. The van der Waals surface area contributed by atoms with E-state index in [2.05, 4.69) is 4.98 Å². The van der Waals surface area contributed by atoms with Crippen LogP contribution in [0.2, 0.25) is 0 Å². The first-order valence-corrected chi connectivity index (χ1v) is 16.6. The van der Waals surface area contributed by atoms with Crippen molar-refractivity contribution in [3.63, 3.8) is 0 Å². The third-order valence-corrected chi connectivity index (χ3v) is 9.69. The summed E-state index contributed by atoms with van der Waals surface area (Å²) in [6, 6.07) is 6.72. The van der Waals surface area contributed by atoms with Crippen LogP contribution in [-0.4, -0.2) is 88.7 Å². The molecule has 2 aliphatic carbocycles. The maximum Gasteiger partial charge on any atom is 0.415 e. The predicted octanol–water partition coefficient (Wildman–Crippen LogP) is 4.27. The zero-order valence-electron chi connectivity index (χ0n) is 28.3. The zero-order chi connectivity index (χ0) is 36.2. The van der Waals surface area contributed by atoms with Crippen LogP contribution >= 0.6 is 11.3 Å². The van der Waals surface area contributed by atoms with E-state index < -0.39 is 35.1 Å². The van der Waals surface area contributed by atoms with Gasteiger partial charge in [-0.25, -0.2) is 9.78 Å². The van der Waals surface area contributed by atoms with E-state index >= 15 is 0 Å². The number of ketones is 4. The number of amides is 2. The fraction of sp³-hybridized carbons (Fsp3) is 0.457. The highest BCUT2D eigenvalue weighted by atomic mass is 32.1. The Hall–Kier alpha value is -5.03. The van der Waals surface area contributed by atoms with Crippen molar-refractivity contribution < 1.29 is 43.0 Å². The van der Waals surface area contributed by atoms with Crippen LogP contribution in [0.3, 0.4) is 0 Å². The average Bonchev–Trinajstić information content (AvgIpc) is 3.61. The summed E-state index contributed by atoms with van der Waals surface area (Å²) in [4.78, 5) is 95.8. The lowest BCUT2D eigenvalue weighted by atomic mass is 9.71. The number of likely N-dealkylation sites (N-methyl/N-ethyl adjacent to an activating group) is 1. The van der Waals surface area contributed by atoms with Gasteiger partial charge >= 0.3 is 12.1 Å². The molecule has 0 saturated heterocycles. The minimum atomic E-state index is -1.38. The van der Waals surface area contributed by atoms with E-state index in [-0.39, 0.29) is 80.0 Å². The van der Waals surface area contributed by atoms with Crippen molar-refractivity contribution in [1.29, 1.82) is 5.26 Å². The van der Waals surface area contributed by atoms with Crippen molar-refractivity contribution in [3.8, 4) is 11.8 Å². The molecule has 13 nitrogen and oxygen atoms in total. The van der Waals surface area contributed by atoms with Crippen LogP contribution in [-0.2, 0) is 33.5 Å². The molecule has 0 aliphatic heterocycles. The number of benzene rings is 1. The molecule has 0 N–H and O–H groups in total. The maximum absolute atomic E-state index is 13.4. The smallest absolute Gasteiger partial charge is 0.415 e. The second-order valence-corrected chi connectivity index (χ2v) is 13.8. The molecule has 0 unspecified atom stereocenters. The summed E-state index contributed by atoms with van der Waals surface area (Å²) in [7, 11) is 1.56. The predicted molar refractivity (Wildman–Crippen MR) is 177 cm³/mol. The molecule has 4 rings (SSSR count). The van der Waals surface area contributed by atoms with E-state index in [1.807, 2.05) is 6.07 Å². The first-order chi connectivity index (χ1) is 23.0. The van der Waals surface area contributed by atoms with Crippen molar-refractivity contribution in [2.75, 3.05) is 26.7 Å². The number of esters is 1. The van der Waals surface area contributed by atoms with Gasteiger partial charge in [-0.3, -0.25) is 28.8 Å². The van der Waals surface area contributed by atoms with Crippen LogP contribution in [0.4, 0.5) is 4.79 Å². The molecule has 258 valence electrons. The highest BCUT2D eigenvalue weighted by Crippen LogP contribution is 2.39. The number of carbonyl (C=O) groups is 7. The molecule has 1 aromatic carbocycles. The molecule has 1 saturated carbocycles. The Kier molecular flexibility index (Phi) is 11.3. The third kappa shape index (κ3) is 8.34. The molecule has 0 spiro atoms. The van der Waals surface area contributed by atoms with E-state index in [1.165, 1.54) is 15.9 Å². The van der Waals surface area contributed by atoms with Gasteiger partial charge < -0.3 is 19.3 Å². The molecular weight excluding hydrogens is 652 g/mol. The Morgan fingerprint density at radius 3 is 2.29 bits per heavy atom. The van der Waals surface area contributed by atoms with E-state index in [1.54, 1.807) is 53.8 Å². The second kappa shape index (κ2) is 15.0. The van der Waals surface area contributed by atoms with Crippen LogP contribution in [0.25, 0.3) is 10.2 Å². The lowest BCUT2D eigenvalue weighted by Crippen LogP contribution is -2.42. The Morgan fingerprint density at radius 2 is 1.63 bits per heavy atom. The molecule has 1 aromatic heterocycles. The highest BCUT2D eigenvalue weighted by Gasteiger charge is 2.39. The fourth-order valence-corrected chi connectivity index (χ4v) is 6.60. The summed E-state index contributed by atoms with van der Waals surface area (Å²) in [6.45, 7) is 8.40. The molecule has 0 radical (unpaired) electrons. The van der Waals surface area contributed by atoms with Crippen molar-refractivity contribution in [1.82, 2.24) is 14.8 Å². The van der Waals surface area contributed by atoms with Crippen LogP contribution < -0.4 is 4.74 Å². The summed E-state index contributed by atoms with van der Waals surface area (Å²) in [6.07, 6.45) is -2.21. The van der Waals surface area contributed by atoms with Crippen LogP contribution in [0.1, 0.15) is 71.7 Å². The number of Topliss-reactive ketones (excluding diaryl/α,β-unsaturated/α-hetero) is 4. The lowest BCUT2D eigenvalue weighted by molar-refractivity contribution is -0.157. The summed E-state index contributed by atoms with van der Waals surface area (Å²) in [5.41, 5.74) is 1.00. The molecule has 14 heteroatoms. The van der Waals surface area contributed by atoms with E-state index in [9.17, 15) is 33.6 Å². The molecule has 1 fully saturated rings. The van der Waals surface area contributed by atoms with Gasteiger partial charge in [0.1, 0.15) is 11.8 Å². The normalized spacial score (nSPS) is 15.6. The van der Waals surface area contributed by atoms with Crippen molar-refractivity contribution in [3.05, 3.63) is 45.5 Å². The number of thiazole rings is 1. The van der Waals surface area contributed by atoms with Gasteiger partial charge in [-0.2, -0.15) is 5.26 Å². The van der Waals surface area contributed by atoms with Crippen molar-refractivity contribution in [2.24, 2.45) is 5.41 Å². The average molecular weight is 691 g/mol. The SMILES string of the molecule is CC1=C(C)C(=O)C(C(C)(C)CC(=O)N(C)CCN(CCCC(=O)OC2C(=O)CCC2=O)C(=O)Oc2ccc3nc(C#N)sc3c2)=C(C)C1=O. The van der Waals surface area contributed by atoms with Gasteiger partial charge in [-0.15, -0.1) is 11.3 Å². The van der Waals surface area contributed by atoms with Gasteiger partial charge in [0.15, 0.2) is 28.1 Å². The summed E-state index contributed by atoms with van der Waals surface area (Å²) in [5.74, 6) is -2.22. The fourth-order valence-electron chi connectivity index (χ4n) is 5.81. The van der Waals surface area contributed by atoms with Gasteiger partial charge in [0.2, 0.25) is 12.0 Å². The second-order valence-electron chi connectivity index (χ2n) is 12.8. The largest absolute Gasteiger partial charge is 0.446 e. The molecule has 0 atom stereocenters. The molecule has 2 aromatic rings. The number of nitriles is 1. The number of rotatable bonds is 12. The summed E-state index contributed by atoms with van der Waals surface area (Å²) >= 11 is 1.14. The van der Waals surface area contributed by atoms with E-state index in [4.69, 9.17) is 14.7 Å². The number of fused-ring (bicyclic) bond motifs is 1. The number of nitrogens with zero attached hydrogens (tertiary/aromatic N) is 4. The monoisotopic (exact) mass is 690 g/mol. The lowest BCUT2D eigenvalue weighted by Gasteiger charge is -2.33. The van der Waals surface area contributed by atoms with Gasteiger partial charge in [-0.1, -0.05) is 13.8 Å². The van der Waals surface area contributed by atoms with Crippen LogP contribution in [0, 0.1) is 16.7 Å². The number of ether oxygens (including phenoxy) is 2. The number of aromatic nitrogens is 1. The molecule has 0 bridgehead atoms. The molecule has 2 amide bonds. The molecule has 49 heavy (non-hydrogen) atoms. The number of allylic oxidation sites excluding steroid dienone is 4. The Bertz CT molecular complexity index is 1850. The van der Waals surface area contributed by atoms with Crippen molar-refractivity contribution >= 4 is 62.7 Å². The Morgan fingerprint density at radius 1 is 0.980 bits per heavy atom. The highest BCUT2D eigenvalue weighted by molar-refractivity contribution is 7.19. The number of carbonyl (C=O) groups excluding carboxylic acids is 7. The number of hydrogen-bond donors (Lipinski definition) is 0. The van der Waals surface area contributed by atoms with Gasteiger partial charge in [0.25, 0.3) is 0 Å². The first kappa shape index (κ1) is 36.8. The van der Waals surface area contributed by atoms with Crippen molar-refractivity contribution in [2.45, 2.75) is 72.8 Å². The minimum absolute atomic E-state index is 0.0116. The maximum atomic E-state index is 13.4. The van der Waals surface area contributed by atoms with Crippen LogP contribution in [0.15, 0.2) is 40.5 Å². The Balaban J connectivity index is 1.43.